The molecule has 3 aromatic rings. The van der Waals surface area contributed by atoms with Crippen LogP contribution in [0.2, 0.25) is 0 Å². The second-order valence-corrected chi connectivity index (χ2v) is 6.70. The summed E-state index contributed by atoms with van der Waals surface area (Å²) in [5, 5.41) is 6.76. The van der Waals surface area contributed by atoms with Gasteiger partial charge in [-0.25, -0.2) is 4.98 Å². The van der Waals surface area contributed by atoms with Crippen LogP contribution in [-0.4, -0.2) is 42.2 Å². The van der Waals surface area contributed by atoms with Crippen molar-refractivity contribution in [3.63, 3.8) is 0 Å². The van der Waals surface area contributed by atoms with Crippen LogP contribution in [0.1, 0.15) is 19.2 Å². The summed E-state index contributed by atoms with van der Waals surface area (Å²) in [6.45, 7) is 5.71. The van der Waals surface area contributed by atoms with Crippen molar-refractivity contribution in [2.75, 3.05) is 31.6 Å². The molecule has 2 N–H and O–H groups in total. The van der Waals surface area contributed by atoms with Crippen LogP contribution in [0.15, 0.2) is 59.6 Å². The van der Waals surface area contributed by atoms with Crippen molar-refractivity contribution in [3.05, 3.63) is 60.4 Å². The molecule has 7 heteroatoms. The molecule has 0 saturated heterocycles. The van der Waals surface area contributed by atoms with Gasteiger partial charge in [-0.1, -0.05) is 30.3 Å². The van der Waals surface area contributed by atoms with Crippen molar-refractivity contribution in [2.45, 2.75) is 19.9 Å². The first-order valence-electron chi connectivity index (χ1n) is 9.87. The number of para-hydroxylation sites is 3. The molecule has 2 aromatic carbocycles. The molecule has 1 heterocycles. The fraction of sp³-hybridized carbons (Fsp3) is 0.364. The predicted molar refractivity (Wildman–Crippen MR) is 133 cm³/mol. The SMILES string of the molecule is CCN(CCCNC(=NC)NCc1nc2ccccc2n1C)c1ccccc1.I. The summed E-state index contributed by atoms with van der Waals surface area (Å²) in [6.07, 6.45) is 1.04. The highest BCUT2D eigenvalue weighted by atomic mass is 127. The van der Waals surface area contributed by atoms with Crippen LogP contribution >= 0.6 is 24.0 Å². The Kier molecular flexibility index (Phi) is 9.24. The van der Waals surface area contributed by atoms with Gasteiger partial charge in [0.2, 0.25) is 0 Å². The zero-order valence-electron chi connectivity index (χ0n) is 17.4. The van der Waals surface area contributed by atoms with Crippen molar-refractivity contribution in [2.24, 2.45) is 12.0 Å². The average Bonchev–Trinajstić information content (AvgIpc) is 3.07. The number of aromatic nitrogens is 2. The Morgan fingerprint density at radius 2 is 1.79 bits per heavy atom. The van der Waals surface area contributed by atoms with Crippen molar-refractivity contribution < 1.29 is 0 Å². The third-order valence-corrected chi connectivity index (χ3v) is 4.92. The Balaban J connectivity index is 0.00000300. The van der Waals surface area contributed by atoms with E-state index in [9.17, 15) is 0 Å². The van der Waals surface area contributed by atoms with E-state index >= 15 is 0 Å². The molecular formula is C22H31IN6. The van der Waals surface area contributed by atoms with E-state index < -0.39 is 0 Å². The Morgan fingerprint density at radius 3 is 2.48 bits per heavy atom. The number of fused-ring (bicyclic) bond motifs is 1. The first-order valence-corrected chi connectivity index (χ1v) is 9.87. The number of imidazole rings is 1. The lowest BCUT2D eigenvalue weighted by Crippen LogP contribution is -2.38. The minimum Gasteiger partial charge on any atom is -0.372 e. The van der Waals surface area contributed by atoms with Crippen LogP contribution in [0.3, 0.4) is 0 Å². The predicted octanol–water partition coefficient (Wildman–Crippen LogP) is 3.77. The Labute approximate surface area is 190 Å². The van der Waals surface area contributed by atoms with E-state index in [-0.39, 0.29) is 24.0 Å². The second kappa shape index (κ2) is 11.6. The molecule has 0 fully saturated rings. The molecular weight excluding hydrogens is 475 g/mol. The number of aryl methyl sites for hydroxylation is 1. The summed E-state index contributed by atoms with van der Waals surface area (Å²) in [5.41, 5.74) is 3.43. The number of halogens is 1. The summed E-state index contributed by atoms with van der Waals surface area (Å²) in [4.78, 5) is 11.4. The monoisotopic (exact) mass is 506 g/mol. The first kappa shape index (κ1) is 23.0. The van der Waals surface area contributed by atoms with Crippen LogP contribution in [0, 0.1) is 0 Å². The van der Waals surface area contributed by atoms with E-state index in [2.05, 4.69) is 68.4 Å². The molecule has 0 spiro atoms. The topological polar surface area (TPSA) is 57.5 Å². The van der Waals surface area contributed by atoms with Crippen molar-refractivity contribution >= 4 is 46.7 Å². The number of nitrogens with zero attached hydrogens (tertiary/aromatic N) is 4. The maximum absolute atomic E-state index is 4.69. The molecule has 0 aliphatic heterocycles. The minimum absolute atomic E-state index is 0. The van der Waals surface area contributed by atoms with E-state index in [1.54, 1.807) is 7.05 Å². The first-order chi connectivity index (χ1) is 13.7. The fourth-order valence-corrected chi connectivity index (χ4v) is 3.32. The molecule has 0 radical (unpaired) electrons. The summed E-state index contributed by atoms with van der Waals surface area (Å²) in [6, 6.07) is 18.7. The van der Waals surface area contributed by atoms with E-state index in [0.29, 0.717) is 6.54 Å². The summed E-state index contributed by atoms with van der Waals surface area (Å²) < 4.78 is 2.12. The Morgan fingerprint density at radius 1 is 1.07 bits per heavy atom. The standard InChI is InChI=1S/C22H30N6.HI/c1-4-28(18-11-6-5-7-12-18)16-10-15-24-22(23-2)25-17-21-26-19-13-8-9-14-20(19)27(21)3;/h5-9,11-14H,4,10,15-17H2,1-3H3,(H2,23,24,25);1H. The molecule has 0 atom stereocenters. The maximum atomic E-state index is 4.69. The van der Waals surface area contributed by atoms with E-state index in [0.717, 1.165) is 48.9 Å². The van der Waals surface area contributed by atoms with Crippen molar-refractivity contribution in [1.29, 1.82) is 0 Å². The Bertz CT molecular complexity index is 906. The van der Waals surface area contributed by atoms with Gasteiger partial charge in [0, 0.05) is 39.4 Å². The number of nitrogens with one attached hydrogen (secondary N) is 2. The summed E-state index contributed by atoms with van der Waals surface area (Å²) in [5.74, 6) is 1.79. The molecule has 0 unspecified atom stereocenters. The number of hydrogen-bond acceptors (Lipinski definition) is 3. The number of aliphatic imine (C=N–C) groups is 1. The molecule has 0 aliphatic rings. The smallest absolute Gasteiger partial charge is 0.191 e. The second-order valence-electron chi connectivity index (χ2n) is 6.70. The summed E-state index contributed by atoms with van der Waals surface area (Å²) in [7, 11) is 3.85. The zero-order valence-corrected chi connectivity index (χ0v) is 19.8. The van der Waals surface area contributed by atoms with Gasteiger partial charge in [-0.15, -0.1) is 24.0 Å². The minimum atomic E-state index is 0. The lowest BCUT2D eigenvalue weighted by molar-refractivity contribution is 0.697. The summed E-state index contributed by atoms with van der Waals surface area (Å²) >= 11 is 0. The van der Waals surface area contributed by atoms with Crippen molar-refractivity contribution in [3.8, 4) is 0 Å². The van der Waals surface area contributed by atoms with E-state index in [1.165, 1.54) is 5.69 Å². The third-order valence-electron chi connectivity index (χ3n) is 4.92. The van der Waals surface area contributed by atoms with Crippen LogP contribution < -0.4 is 15.5 Å². The zero-order chi connectivity index (χ0) is 19.8. The highest BCUT2D eigenvalue weighted by Crippen LogP contribution is 2.14. The lowest BCUT2D eigenvalue weighted by atomic mass is 10.2. The van der Waals surface area contributed by atoms with Gasteiger partial charge >= 0.3 is 0 Å². The average molecular weight is 506 g/mol. The Hall–Kier alpha value is -2.29. The van der Waals surface area contributed by atoms with Gasteiger partial charge in [-0.2, -0.15) is 0 Å². The quantitative estimate of drug-likeness (QED) is 0.212. The van der Waals surface area contributed by atoms with E-state index in [4.69, 9.17) is 4.98 Å². The number of rotatable bonds is 8. The third kappa shape index (κ3) is 6.09. The van der Waals surface area contributed by atoms with E-state index in [1.807, 2.05) is 25.2 Å². The van der Waals surface area contributed by atoms with Gasteiger partial charge in [-0.3, -0.25) is 4.99 Å². The van der Waals surface area contributed by atoms with Crippen LogP contribution in [0.5, 0.6) is 0 Å². The van der Waals surface area contributed by atoms with Gasteiger partial charge in [0.05, 0.1) is 17.6 Å². The van der Waals surface area contributed by atoms with Crippen LogP contribution in [0.25, 0.3) is 11.0 Å². The van der Waals surface area contributed by atoms with Gasteiger partial charge in [-0.05, 0) is 37.6 Å². The number of anilines is 1. The van der Waals surface area contributed by atoms with Crippen LogP contribution in [-0.2, 0) is 13.6 Å². The molecule has 29 heavy (non-hydrogen) atoms. The fourth-order valence-electron chi connectivity index (χ4n) is 3.32. The lowest BCUT2D eigenvalue weighted by Gasteiger charge is -2.23. The molecule has 156 valence electrons. The molecule has 0 bridgehead atoms. The molecule has 0 amide bonds. The van der Waals surface area contributed by atoms with Crippen LogP contribution in [0.4, 0.5) is 5.69 Å². The highest BCUT2D eigenvalue weighted by molar-refractivity contribution is 14.0. The maximum Gasteiger partial charge on any atom is 0.191 e. The number of guanidine groups is 1. The van der Waals surface area contributed by atoms with Crippen molar-refractivity contribution in [1.82, 2.24) is 20.2 Å². The number of hydrogen-bond donors (Lipinski definition) is 2. The molecule has 3 rings (SSSR count). The van der Waals surface area contributed by atoms with Gasteiger partial charge in [0.1, 0.15) is 5.82 Å². The normalized spacial score (nSPS) is 11.2. The molecule has 6 nitrogen and oxygen atoms in total. The highest BCUT2D eigenvalue weighted by Gasteiger charge is 2.08. The largest absolute Gasteiger partial charge is 0.372 e. The molecule has 0 saturated carbocycles. The van der Waals surface area contributed by atoms with Gasteiger partial charge < -0.3 is 20.1 Å². The van der Waals surface area contributed by atoms with Gasteiger partial charge in [0.15, 0.2) is 5.96 Å². The number of benzene rings is 2. The molecule has 1 aromatic heterocycles. The van der Waals surface area contributed by atoms with Gasteiger partial charge in [0.25, 0.3) is 0 Å². The molecule has 0 aliphatic carbocycles.